The zero-order valence-electron chi connectivity index (χ0n) is 11.1. The first-order chi connectivity index (χ1) is 9.08. The first-order valence-corrected chi connectivity index (χ1v) is 6.78. The van der Waals surface area contributed by atoms with Crippen LogP contribution in [0.5, 0.6) is 0 Å². The lowest BCUT2D eigenvalue weighted by atomic mass is 10.2. The zero-order valence-corrected chi connectivity index (χ0v) is 11.1. The van der Waals surface area contributed by atoms with Crippen molar-refractivity contribution in [3.8, 4) is 0 Å². The van der Waals surface area contributed by atoms with Crippen LogP contribution in [0.4, 0.5) is 11.6 Å². The lowest BCUT2D eigenvalue weighted by molar-refractivity contribution is -0.119. The minimum absolute atomic E-state index is 0.264. The predicted octanol–water partition coefficient (Wildman–Crippen LogP) is 0.699. The second-order valence-electron chi connectivity index (χ2n) is 5.44. The van der Waals surface area contributed by atoms with Gasteiger partial charge in [0.05, 0.1) is 0 Å². The highest BCUT2D eigenvalue weighted by Gasteiger charge is 2.33. The Kier molecular flexibility index (Phi) is 2.80. The highest BCUT2D eigenvalue weighted by molar-refractivity contribution is 5.84. The minimum atomic E-state index is -0.290. The second-order valence-corrected chi connectivity index (χ2v) is 5.44. The summed E-state index contributed by atoms with van der Waals surface area (Å²) in [6, 6.07) is -0.264. The molecule has 1 unspecified atom stereocenters. The topological polar surface area (TPSA) is 98.1 Å². The van der Waals surface area contributed by atoms with Gasteiger partial charge in [0.2, 0.25) is 5.91 Å². The molecule has 1 aliphatic carbocycles. The van der Waals surface area contributed by atoms with Crippen molar-refractivity contribution < 1.29 is 4.79 Å². The first kappa shape index (κ1) is 12.2. The number of nitrogens with zero attached hydrogens (tertiary/aromatic N) is 3. The van der Waals surface area contributed by atoms with Crippen LogP contribution in [0.2, 0.25) is 0 Å². The molecule has 19 heavy (non-hydrogen) atoms. The van der Waals surface area contributed by atoms with Gasteiger partial charge in [0.25, 0.3) is 0 Å². The maximum atomic E-state index is 11.5. The monoisotopic (exact) mass is 261 g/mol. The van der Waals surface area contributed by atoms with Gasteiger partial charge in [-0.25, -0.2) is 9.97 Å². The van der Waals surface area contributed by atoms with Crippen LogP contribution in [-0.2, 0) is 4.79 Å². The van der Waals surface area contributed by atoms with Crippen LogP contribution in [-0.4, -0.2) is 28.5 Å². The van der Waals surface area contributed by atoms with Gasteiger partial charge in [0.1, 0.15) is 23.5 Å². The van der Waals surface area contributed by atoms with E-state index in [-0.39, 0.29) is 11.9 Å². The van der Waals surface area contributed by atoms with Crippen molar-refractivity contribution >= 4 is 17.5 Å². The molecule has 1 atom stereocenters. The van der Waals surface area contributed by atoms with E-state index < -0.39 is 0 Å². The third kappa shape index (κ3) is 2.11. The van der Waals surface area contributed by atoms with Crippen molar-refractivity contribution in [3.63, 3.8) is 0 Å². The van der Waals surface area contributed by atoms with E-state index >= 15 is 0 Å². The average molecular weight is 261 g/mol. The number of rotatable bonds is 3. The maximum Gasteiger partial charge on any atom is 0.240 e. The molecule has 1 aromatic heterocycles. The summed E-state index contributed by atoms with van der Waals surface area (Å²) in [4.78, 5) is 22.5. The molecule has 4 N–H and O–H groups in total. The molecule has 0 radical (unpaired) electrons. The van der Waals surface area contributed by atoms with E-state index in [2.05, 4.69) is 9.97 Å². The summed E-state index contributed by atoms with van der Waals surface area (Å²) in [7, 11) is 0. The number of nitrogen functional groups attached to an aromatic ring is 1. The van der Waals surface area contributed by atoms with Gasteiger partial charge < -0.3 is 16.4 Å². The van der Waals surface area contributed by atoms with Crippen molar-refractivity contribution in [1.82, 2.24) is 9.97 Å². The van der Waals surface area contributed by atoms with Gasteiger partial charge in [0, 0.05) is 18.0 Å². The van der Waals surface area contributed by atoms with E-state index in [1.165, 1.54) is 0 Å². The van der Waals surface area contributed by atoms with Crippen molar-refractivity contribution in [2.75, 3.05) is 17.2 Å². The summed E-state index contributed by atoms with van der Waals surface area (Å²) in [6.07, 6.45) is 4.00. The Morgan fingerprint density at radius 1 is 1.32 bits per heavy atom. The molecule has 0 aromatic carbocycles. The highest BCUT2D eigenvalue weighted by Crippen LogP contribution is 2.40. The predicted molar refractivity (Wildman–Crippen MR) is 72.7 cm³/mol. The Bertz CT molecular complexity index is 526. The molecule has 2 fully saturated rings. The quantitative estimate of drug-likeness (QED) is 0.834. The van der Waals surface area contributed by atoms with E-state index in [9.17, 15) is 4.79 Å². The highest BCUT2D eigenvalue weighted by atomic mass is 16.1. The fourth-order valence-corrected chi connectivity index (χ4v) is 2.66. The Labute approximate surface area is 112 Å². The number of amides is 1. The van der Waals surface area contributed by atoms with E-state index in [1.807, 2.05) is 11.8 Å². The number of hydrogen-bond donors (Lipinski definition) is 2. The molecule has 102 valence electrons. The molecule has 2 heterocycles. The fourth-order valence-electron chi connectivity index (χ4n) is 2.66. The van der Waals surface area contributed by atoms with Crippen LogP contribution < -0.4 is 16.4 Å². The molecular formula is C13H19N5O. The Balaban J connectivity index is 2.00. The number of nitrogens with two attached hydrogens (primary N) is 2. The normalized spacial score (nSPS) is 22.8. The van der Waals surface area contributed by atoms with Crippen LogP contribution in [0.15, 0.2) is 0 Å². The van der Waals surface area contributed by atoms with Gasteiger partial charge in [0.15, 0.2) is 0 Å². The summed E-state index contributed by atoms with van der Waals surface area (Å²) in [5.74, 6) is 2.27. The molecule has 6 heteroatoms. The lowest BCUT2D eigenvalue weighted by Crippen LogP contribution is -2.41. The van der Waals surface area contributed by atoms with E-state index in [4.69, 9.17) is 11.5 Å². The summed E-state index contributed by atoms with van der Waals surface area (Å²) in [6.45, 7) is 2.70. The third-order valence-corrected chi connectivity index (χ3v) is 3.97. The molecule has 3 rings (SSSR count). The molecule has 1 saturated heterocycles. The van der Waals surface area contributed by atoms with Crippen molar-refractivity contribution in [3.05, 3.63) is 11.4 Å². The smallest absolute Gasteiger partial charge is 0.240 e. The maximum absolute atomic E-state index is 11.5. The van der Waals surface area contributed by atoms with Crippen molar-refractivity contribution in [1.29, 1.82) is 0 Å². The third-order valence-electron chi connectivity index (χ3n) is 3.97. The van der Waals surface area contributed by atoms with E-state index in [0.29, 0.717) is 11.7 Å². The minimum Gasteiger partial charge on any atom is -0.383 e. The van der Waals surface area contributed by atoms with E-state index in [1.54, 1.807) is 0 Å². The molecule has 1 amide bonds. The van der Waals surface area contributed by atoms with Crippen molar-refractivity contribution in [2.45, 2.75) is 44.6 Å². The van der Waals surface area contributed by atoms with Gasteiger partial charge in [-0.2, -0.15) is 0 Å². The molecule has 0 spiro atoms. The van der Waals surface area contributed by atoms with Crippen LogP contribution in [0.25, 0.3) is 0 Å². The Morgan fingerprint density at radius 2 is 2.05 bits per heavy atom. The first-order valence-electron chi connectivity index (χ1n) is 6.78. The number of aromatic nitrogens is 2. The van der Waals surface area contributed by atoms with Gasteiger partial charge in [-0.1, -0.05) is 0 Å². The molecule has 6 nitrogen and oxygen atoms in total. The van der Waals surface area contributed by atoms with Gasteiger partial charge in [-0.15, -0.1) is 0 Å². The van der Waals surface area contributed by atoms with Crippen LogP contribution in [0.3, 0.4) is 0 Å². The Morgan fingerprint density at radius 3 is 2.68 bits per heavy atom. The number of carbonyl (C=O) groups is 1. The SMILES string of the molecule is Cc1c(N)nc(C2CC2)nc1N1CCCC1C(N)=O. The number of anilines is 2. The van der Waals surface area contributed by atoms with Crippen LogP contribution in [0.1, 0.15) is 43.0 Å². The molecule has 1 aliphatic heterocycles. The van der Waals surface area contributed by atoms with Crippen LogP contribution in [0, 0.1) is 6.92 Å². The molecular weight excluding hydrogens is 242 g/mol. The summed E-state index contributed by atoms with van der Waals surface area (Å²) < 4.78 is 0. The standard InChI is InChI=1S/C13H19N5O/c1-7-10(14)16-12(8-4-5-8)17-13(7)18-6-2-3-9(18)11(15)19/h8-9H,2-6H2,1H3,(H2,15,19)(H2,14,16,17). The van der Waals surface area contributed by atoms with E-state index in [0.717, 1.165) is 49.4 Å². The van der Waals surface area contributed by atoms with Gasteiger partial charge in [-0.3, -0.25) is 4.79 Å². The Hall–Kier alpha value is -1.85. The van der Waals surface area contributed by atoms with Crippen LogP contribution >= 0.6 is 0 Å². The average Bonchev–Trinajstić information content (AvgIpc) is 3.09. The van der Waals surface area contributed by atoms with Crippen molar-refractivity contribution in [2.24, 2.45) is 5.73 Å². The summed E-state index contributed by atoms with van der Waals surface area (Å²) >= 11 is 0. The molecule has 2 aliphatic rings. The molecule has 1 aromatic rings. The number of hydrogen-bond acceptors (Lipinski definition) is 5. The largest absolute Gasteiger partial charge is 0.383 e. The summed E-state index contributed by atoms with van der Waals surface area (Å²) in [5.41, 5.74) is 12.3. The summed E-state index contributed by atoms with van der Waals surface area (Å²) in [5, 5.41) is 0. The fraction of sp³-hybridized carbons (Fsp3) is 0.615. The van der Waals surface area contributed by atoms with Gasteiger partial charge in [-0.05, 0) is 32.6 Å². The number of carbonyl (C=O) groups excluding carboxylic acids is 1. The zero-order chi connectivity index (χ0) is 13.6. The number of primary amides is 1. The van der Waals surface area contributed by atoms with Gasteiger partial charge >= 0.3 is 0 Å². The molecule has 1 saturated carbocycles. The molecule has 0 bridgehead atoms. The second kappa shape index (κ2) is 4.36. The lowest BCUT2D eigenvalue weighted by Gasteiger charge is -2.25.